The van der Waals surface area contributed by atoms with Crippen molar-refractivity contribution in [3.05, 3.63) is 52.5 Å². The van der Waals surface area contributed by atoms with Crippen LogP contribution in [0.4, 0.5) is 11.4 Å². The van der Waals surface area contributed by atoms with Gasteiger partial charge in [0.2, 0.25) is 5.91 Å². The van der Waals surface area contributed by atoms with Gasteiger partial charge in [-0.25, -0.2) is 0 Å². The van der Waals surface area contributed by atoms with Crippen LogP contribution in [0.1, 0.15) is 18.1 Å². The molecule has 0 unspecified atom stereocenters. The molecule has 1 aliphatic rings. The van der Waals surface area contributed by atoms with E-state index in [0.29, 0.717) is 22.1 Å². The largest absolute Gasteiger partial charge is 0.481 e. The average molecular weight is 359 g/mol. The van der Waals surface area contributed by atoms with Gasteiger partial charge in [-0.1, -0.05) is 23.7 Å². The zero-order valence-electron chi connectivity index (χ0n) is 14.3. The first kappa shape index (κ1) is 17.3. The summed E-state index contributed by atoms with van der Waals surface area (Å²) < 4.78 is 5.81. The minimum atomic E-state index is -0.737. The van der Waals surface area contributed by atoms with E-state index in [0.717, 1.165) is 11.1 Å². The lowest BCUT2D eigenvalue weighted by molar-refractivity contribution is -0.126. The lowest BCUT2D eigenvalue weighted by Gasteiger charge is -2.31. The van der Waals surface area contributed by atoms with Crippen molar-refractivity contribution in [3.8, 4) is 5.75 Å². The van der Waals surface area contributed by atoms with Crippen molar-refractivity contribution in [2.24, 2.45) is 0 Å². The molecule has 2 amide bonds. The maximum atomic E-state index is 12.8. The summed E-state index contributed by atoms with van der Waals surface area (Å²) in [5, 5.41) is 3.45. The zero-order valence-corrected chi connectivity index (χ0v) is 15.1. The summed E-state index contributed by atoms with van der Waals surface area (Å²) in [4.78, 5) is 26.2. The Bertz CT molecular complexity index is 827. The number of carbonyl (C=O) groups is 2. The minimum Gasteiger partial charge on any atom is -0.481 e. The van der Waals surface area contributed by atoms with Crippen molar-refractivity contribution in [1.29, 1.82) is 0 Å². The van der Waals surface area contributed by atoms with Gasteiger partial charge in [0.1, 0.15) is 12.3 Å². The Labute approximate surface area is 151 Å². The molecule has 5 nitrogen and oxygen atoms in total. The highest BCUT2D eigenvalue weighted by molar-refractivity contribution is 6.32. The Kier molecular flexibility index (Phi) is 4.68. The number of rotatable bonds is 3. The highest BCUT2D eigenvalue weighted by Gasteiger charge is 2.30. The monoisotopic (exact) mass is 358 g/mol. The molecule has 3 rings (SSSR count). The second-order valence-corrected chi connectivity index (χ2v) is 6.50. The van der Waals surface area contributed by atoms with E-state index in [9.17, 15) is 9.59 Å². The molecule has 130 valence electrons. The molecule has 1 aliphatic heterocycles. The van der Waals surface area contributed by atoms with Crippen molar-refractivity contribution in [3.63, 3.8) is 0 Å². The Morgan fingerprint density at radius 2 is 1.88 bits per heavy atom. The van der Waals surface area contributed by atoms with Crippen LogP contribution in [-0.4, -0.2) is 24.5 Å². The Balaban J connectivity index is 1.82. The first-order chi connectivity index (χ1) is 11.9. The molecule has 0 bridgehead atoms. The van der Waals surface area contributed by atoms with Crippen molar-refractivity contribution in [2.45, 2.75) is 26.9 Å². The van der Waals surface area contributed by atoms with E-state index < -0.39 is 6.10 Å². The minimum absolute atomic E-state index is 0.0256. The van der Waals surface area contributed by atoms with Gasteiger partial charge in [-0.2, -0.15) is 0 Å². The average Bonchev–Trinajstić information content (AvgIpc) is 2.58. The van der Waals surface area contributed by atoms with Crippen LogP contribution in [0.3, 0.4) is 0 Å². The Hall–Kier alpha value is -2.53. The lowest BCUT2D eigenvalue weighted by atomic mass is 10.1. The van der Waals surface area contributed by atoms with Crippen LogP contribution in [0.2, 0.25) is 5.02 Å². The molecule has 1 N–H and O–H groups in total. The first-order valence-electron chi connectivity index (χ1n) is 8.00. The third-order valence-electron chi connectivity index (χ3n) is 4.11. The highest BCUT2D eigenvalue weighted by Crippen LogP contribution is 2.30. The van der Waals surface area contributed by atoms with Gasteiger partial charge >= 0.3 is 0 Å². The molecule has 1 heterocycles. The third kappa shape index (κ3) is 3.46. The first-order valence-corrected chi connectivity index (χ1v) is 8.38. The summed E-state index contributed by atoms with van der Waals surface area (Å²) in [5.41, 5.74) is 3.07. The second-order valence-electron chi connectivity index (χ2n) is 6.12. The van der Waals surface area contributed by atoms with Crippen molar-refractivity contribution in [1.82, 2.24) is 0 Å². The standard InChI is InChI=1S/C19H19ClN2O3/c1-11-8-14(9-12(2)18(11)20)25-13(3)19(24)22-10-17(23)21-15-6-4-5-7-16(15)22/h4-9,13H,10H2,1-3H3,(H,21,23)/t13-/m0/s1. The fourth-order valence-corrected chi connectivity index (χ4v) is 2.99. The van der Waals surface area contributed by atoms with Crippen molar-refractivity contribution >= 4 is 34.8 Å². The van der Waals surface area contributed by atoms with Crippen LogP contribution >= 0.6 is 11.6 Å². The fourth-order valence-electron chi connectivity index (χ4n) is 2.88. The van der Waals surface area contributed by atoms with Crippen LogP contribution < -0.4 is 15.0 Å². The third-order valence-corrected chi connectivity index (χ3v) is 4.70. The Morgan fingerprint density at radius 1 is 1.24 bits per heavy atom. The van der Waals surface area contributed by atoms with Crippen LogP contribution in [0, 0.1) is 13.8 Å². The molecule has 0 aromatic heterocycles. The van der Waals surface area contributed by atoms with E-state index in [2.05, 4.69) is 5.32 Å². The van der Waals surface area contributed by atoms with Crippen LogP contribution in [0.15, 0.2) is 36.4 Å². The molecular weight excluding hydrogens is 340 g/mol. The SMILES string of the molecule is Cc1cc(O[C@@H](C)C(=O)N2CC(=O)Nc3ccccc32)cc(C)c1Cl. The molecule has 0 spiro atoms. The van der Waals surface area contributed by atoms with E-state index in [1.807, 2.05) is 26.0 Å². The fraction of sp³-hybridized carbons (Fsp3) is 0.263. The van der Waals surface area contributed by atoms with Crippen LogP contribution in [-0.2, 0) is 9.59 Å². The number of para-hydroxylation sites is 2. The van der Waals surface area contributed by atoms with Gasteiger partial charge in [-0.15, -0.1) is 0 Å². The van der Waals surface area contributed by atoms with E-state index in [-0.39, 0.29) is 18.4 Å². The number of ether oxygens (including phenoxy) is 1. The number of fused-ring (bicyclic) bond motifs is 1. The maximum Gasteiger partial charge on any atom is 0.268 e. The van der Waals surface area contributed by atoms with Gasteiger partial charge in [0.05, 0.1) is 11.4 Å². The number of aryl methyl sites for hydroxylation is 2. The number of amides is 2. The number of halogens is 1. The lowest BCUT2D eigenvalue weighted by Crippen LogP contribution is -2.47. The summed E-state index contributed by atoms with van der Waals surface area (Å²) in [6, 6.07) is 10.8. The second kappa shape index (κ2) is 6.76. The molecule has 0 saturated heterocycles. The number of anilines is 2. The number of hydrogen-bond acceptors (Lipinski definition) is 3. The number of nitrogens with zero attached hydrogens (tertiary/aromatic N) is 1. The topological polar surface area (TPSA) is 58.6 Å². The van der Waals surface area contributed by atoms with E-state index in [1.165, 1.54) is 4.90 Å². The molecular formula is C19H19ClN2O3. The van der Waals surface area contributed by atoms with E-state index >= 15 is 0 Å². The predicted molar refractivity (Wildman–Crippen MR) is 98.4 cm³/mol. The number of hydrogen-bond donors (Lipinski definition) is 1. The molecule has 2 aromatic carbocycles. The summed E-state index contributed by atoms with van der Waals surface area (Å²) in [6.45, 7) is 5.43. The maximum absolute atomic E-state index is 12.8. The van der Waals surface area contributed by atoms with Gasteiger partial charge in [-0.3, -0.25) is 14.5 Å². The molecule has 6 heteroatoms. The molecule has 0 saturated carbocycles. The van der Waals surface area contributed by atoms with Gasteiger partial charge < -0.3 is 10.1 Å². The quantitative estimate of drug-likeness (QED) is 0.909. The molecule has 0 fully saturated rings. The highest BCUT2D eigenvalue weighted by atomic mass is 35.5. The van der Waals surface area contributed by atoms with Crippen molar-refractivity contribution in [2.75, 3.05) is 16.8 Å². The van der Waals surface area contributed by atoms with E-state index in [1.54, 1.807) is 31.2 Å². The Morgan fingerprint density at radius 3 is 2.56 bits per heavy atom. The number of nitrogens with one attached hydrogen (secondary N) is 1. The molecule has 2 aromatic rings. The summed E-state index contributed by atoms with van der Waals surface area (Å²) >= 11 is 6.17. The van der Waals surface area contributed by atoms with Crippen LogP contribution in [0.5, 0.6) is 5.75 Å². The normalized spacial score (nSPS) is 14.6. The number of carbonyl (C=O) groups excluding carboxylic acids is 2. The summed E-state index contributed by atoms with van der Waals surface area (Å²) in [7, 11) is 0. The molecule has 0 aliphatic carbocycles. The van der Waals surface area contributed by atoms with Crippen LogP contribution in [0.25, 0.3) is 0 Å². The van der Waals surface area contributed by atoms with Crippen molar-refractivity contribution < 1.29 is 14.3 Å². The summed E-state index contributed by atoms with van der Waals surface area (Å²) in [5.74, 6) is 0.0833. The molecule has 0 radical (unpaired) electrons. The van der Waals surface area contributed by atoms with E-state index in [4.69, 9.17) is 16.3 Å². The van der Waals surface area contributed by atoms with Gasteiger partial charge in [0, 0.05) is 5.02 Å². The van der Waals surface area contributed by atoms with Gasteiger partial charge in [-0.05, 0) is 56.2 Å². The zero-order chi connectivity index (χ0) is 18.1. The van der Waals surface area contributed by atoms with Gasteiger partial charge in [0.15, 0.2) is 6.10 Å². The molecule has 1 atom stereocenters. The van der Waals surface area contributed by atoms with Gasteiger partial charge in [0.25, 0.3) is 5.91 Å². The predicted octanol–water partition coefficient (Wildman–Crippen LogP) is 3.71. The smallest absolute Gasteiger partial charge is 0.268 e. The number of benzene rings is 2. The molecule has 25 heavy (non-hydrogen) atoms. The summed E-state index contributed by atoms with van der Waals surface area (Å²) in [6.07, 6.45) is -0.737.